The van der Waals surface area contributed by atoms with Crippen molar-refractivity contribution in [1.82, 2.24) is 5.06 Å². The molecule has 0 bridgehead atoms. The van der Waals surface area contributed by atoms with Gasteiger partial charge in [0.2, 0.25) is 0 Å². The molecule has 1 aliphatic rings. The zero-order valence-electron chi connectivity index (χ0n) is 18.9. The minimum atomic E-state index is -0.580. The number of hydrogen-bond acceptors (Lipinski definition) is 4. The maximum absolute atomic E-state index is 12.8. The van der Waals surface area contributed by atoms with Crippen molar-refractivity contribution in [3.05, 3.63) is 0 Å². The molecule has 0 spiro atoms. The number of nitrogens with zero attached hydrogens (tertiary/aromatic N) is 1. The molecule has 1 saturated heterocycles. The van der Waals surface area contributed by atoms with Gasteiger partial charge in [-0.25, -0.2) is 0 Å². The number of esters is 1. The topological polar surface area (TPSA) is 58.7 Å². The lowest BCUT2D eigenvalue weighted by Crippen LogP contribution is -2.49. The molecule has 5 heteroatoms. The molecule has 1 unspecified atom stereocenters. The molecule has 1 radical (unpaired) electrons. The largest absolute Gasteiger partial charge is 0.469 e. The fraction of sp³-hybridized carbons (Fsp3) is 0.957. The van der Waals surface area contributed by atoms with Crippen LogP contribution in [0.15, 0.2) is 0 Å². The first-order valence-electron chi connectivity index (χ1n) is 11.6. The molecule has 0 N–H and O–H groups in total. The van der Waals surface area contributed by atoms with Crippen LogP contribution in [0.2, 0.25) is 0 Å². The monoisotopic (exact) mass is 398 g/mol. The summed E-state index contributed by atoms with van der Waals surface area (Å²) in [6.07, 6.45) is 16.3. The summed E-state index contributed by atoms with van der Waals surface area (Å²) in [6.45, 7) is 6.69. The van der Waals surface area contributed by atoms with Crippen molar-refractivity contribution >= 4 is 5.97 Å². The summed E-state index contributed by atoms with van der Waals surface area (Å²) in [5.41, 5.74) is -0.978. The van der Waals surface area contributed by atoms with E-state index in [9.17, 15) is 10.0 Å². The van der Waals surface area contributed by atoms with Crippen LogP contribution in [0.3, 0.4) is 0 Å². The molecular weight excluding hydrogens is 354 g/mol. The quantitative estimate of drug-likeness (QED) is 0.230. The van der Waals surface area contributed by atoms with Gasteiger partial charge in [-0.2, -0.15) is 0 Å². The Hall–Kier alpha value is -0.650. The first-order valence-corrected chi connectivity index (χ1v) is 11.6. The van der Waals surface area contributed by atoms with Crippen molar-refractivity contribution in [3.8, 4) is 0 Å². The third-order valence-corrected chi connectivity index (χ3v) is 5.96. The average molecular weight is 399 g/mol. The van der Waals surface area contributed by atoms with Crippen LogP contribution in [0.25, 0.3) is 0 Å². The van der Waals surface area contributed by atoms with E-state index in [2.05, 4.69) is 11.7 Å². The van der Waals surface area contributed by atoms with Crippen LogP contribution in [-0.2, 0) is 19.5 Å². The molecule has 0 saturated carbocycles. The average Bonchev–Trinajstić information content (AvgIpc) is 2.91. The SMILES string of the molecule is CCCCC1(CCCCCCCCCCCCC(=O)OC)OCC(C)(C)N1[O]. The molecule has 0 aromatic rings. The minimum Gasteiger partial charge on any atom is -0.469 e. The number of unbranched alkanes of at least 4 members (excludes halogenated alkanes) is 10. The summed E-state index contributed by atoms with van der Waals surface area (Å²) in [6, 6.07) is 0. The number of hydroxylamine groups is 2. The highest BCUT2D eigenvalue weighted by atomic mass is 16.6. The summed E-state index contributed by atoms with van der Waals surface area (Å²) in [7, 11) is 1.45. The van der Waals surface area contributed by atoms with Gasteiger partial charge in [-0.05, 0) is 46.0 Å². The normalized spacial score (nSPS) is 21.9. The maximum atomic E-state index is 12.8. The van der Waals surface area contributed by atoms with Gasteiger partial charge in [0.1, 0.15) is 5.72 Å². The Morgan fingerprint density at radius 3 is 1.86 bits per heavy atom. The van der Waals surface area contributed by atoms with E-state index >= 15 is 0 Å². The van der Waals surface area contributed by atoms with Crippen LogP contribution in [0, 0.1) is 0 Å². The first kappa shape index (κ1) is 25.4. The van der Waals surface area contributed by atoms with Gasteiger partial charge in [0.25, 0.3) is 0 Å². The molecule has 0 aromatic heterocycles. The summed E-state index contributed by atoms with van der Waals surface area (Å²) >= 11 is 0. The minimum absolute atomic E-state index is 0.0943. The van der Waals surface area contributed by atoms with Crippen LogP contribution >= 0.6 is 0 Å². The van der Waals surface area contributed by atoms with Gasteiger partial charge in [-0.3, -0.25) is 4.79 Å². The van der Waals surface area contributed by atoms with Crippen LogP contribution < -0.4 is 0 Å². The summed E-state index contributed by atoms with van der Waals surface area (Å²) in [5.74, 6) is -0.0943. The Morgan fingerprint density at radius 1 is 0.893 bits per heavy atom. The van der Waals surface area contributed by atoms with E-state index in [-0.39, 0.29) is 5.97 Å². The Labute approximate surface area is 173 Å². The lowest BCUT2D eigenvalue weighted by Gasteiger charge is -2.35. The van der Waals surface area contributed by atoms with E-state index in [1.165, 1.54) is 57.1 Å². The lowest BCUT2D eigenvalue weighted by atomic mass is 9.95. The standard InChI is InChI=1S/C23H44NO4/c1-5-6-18-23(24(26)22(2,3)20-28-23)19-16-14-12-10-8-7-9-11-13-15-17-21(25)27-4/h5-20H2,1-4H3. The first-order chi connectivity index (χ1) is 13.4. The highest BCUT2D eigenvalue weighted by Gasteiger charge is 2.51. The molecule has 5 nitrogen and oxygen atoms in total. The Bertz CT molecular complexity index is 427. The smallest absolute Gasteiger partial charge is 0.305 e. The van der Waals surface area contributed by atoms with E-state index in [1.54, 1.807) is 0 Å². The number of methoxy groups -OCH3 is 1. The number of rotatable bonds is 16. The van der Waals surface area contributed by atoms with Gasteiger partial charge in [-0.15, -0.1) is 10.3 Å². The summed E-state index contributed by atoms with van der Waals surface area (Å²) in [4.78, 5) is 11.0. The second kappa shape index (κ2) is 13.6. The second-order valence-corrected chi connectivity index (χ2v) is 9.06. The fourth-order valence-corrected chi connectivity index (χ4v) is 4.09. The van der Waals surface area contributed by atoms with E-state index < -0.39 is 11.3 Å². The van der Waals surface area contributed by atoms with Gasteiger partial charge >= 0.3 is 5.97 Å². The number of carbonyl (C=O) groups excluding carboxylic acids is 1. The molecule has 1 aliphatic heterocycles. The van der Waals surface area contributed by atoms with Crippen LogP contribution in [0.5, 0.6) is 0 Å². The molecule has 1 fully saturated rings. The van der Waals surface area contributed by atoms with Gasteiger partial charge in [-0.1, -0.05) is 64.7 Å². The fourth-order valence-electron chi connectivity index (χ4n) is 4.09. The highest BCUT2D eigenvalue weighted by molar-refractivity contribution is 5.68. The second-order valence-electron chi connectivity index (χ2n) is 9.06. The van der Waals surface area contributed by atoms with Crippen molar-refractivity contribution < 1.29 is 19.5 Å². The molecule has 1 atom stereocenters. The van der Waals surface area contributed by atoms with Gasteiger partial charge in [0.05, 0.1) is 19.3 Å². The van der Waals surface area contributed by atoms with Gasteiger partial charge < -0.3 is 9.47 Å². The molecule has 0 amide bonds. The van der Waals surface area contributed by atoms with Crippen molar-refractivity contribution in [2.45, 2.75) is 128 Å². The van der Waals surface area contributed by atoms with E-state index in [1.807, 2.05) is 13.8 Å². The Kier molecular flexibility index (Phi) is 12.3. The lowest BCUT2D eigenvalue weighted by molar-refractivity contribution is -0.296. The molecule has 165 valence electrons. The predicted molar refractivity (Wildman–Crippen MR) is 112 cm³/mol. The maximum Gasteiger partial charge on any atom is 0.305 e. The van der Waals surface area contributed by atoms with Gasteiger partial charge in [0, 0.05) is 6.42 Å². The molecule has 28 heavy (non-hydrogen) atoms. The van der Waals surface area contributed by atoms with Crippen LogP contribution in [-0.4, -0.2) is 36.0 Å². The van der Waals surface area contributed by atoms with Crippen molar-refractivity contribution in [3.63, 3.8) is 0 Å². The molecular formula is C23H44NO4. The highest BCUT2D eigenvalue weighted by Crippen LogP contribution is 2.40. The molecule has 1 heterocycles. The summed E-state index contributed by atoms with van der Waals surface area (Å²) in [5, 5.41) is 14.0. The van der Waals surface area contributed by atoms with E-state index in [4.69, 9.17) is 4.74 Å². The van der Waals surface area contributed by atoms with Crippen molar-refractivity contribution in [1.29, 1.82) is 0 Å². The van der Waals surface area contributed by atoms with E-state index in [0.717, 1.165) is 44.9 Å². The number of carbonyl (C=O) groups is 1. The third kappa shape index (κ3) is 8.79. The zero-order valence-corrected chi connectivity index (χ0v) is 18.9. The third-order valence-electron chi connectivity index (χ3n) is 5.96. The Morgan fingerprint density at radius 2 is 1.39 bits per heavy atom. The molecule has 0 aliphatic carbocycles. The van der Waals surface area contributed by atoms with Crippen LogP contribution in [0.4, 0.5) is 0 Å². The Balaban J connectivity index is 2.07. The van der Waals surface area contributed by atoms with Gasteiger partial charge in [0.15, 0.2) is 0 Å². The molecule has 0 aromatic carbocycles. The zero-order chi connectivity index (χ0) is 20.9. The molecule has 1 rings (SSSR count). The number of ether oxygens (including phenoxy) is 2. The predicted octanol–water partition coefficient (Wildman–Crippen LogP) is 6.18. The van der Waals surface area contributed by atoms with Crippen molar-refractivity contribution in [2.24, 2.45) is 0 Å². The summed E-state index contributed by atoms with van der Waals surface area (Å²) < 4.78 is 10.7. The van der Waals surface area contributed by atoms with E-state index in [0.29, 0.717) is 13.0 Å². The van der Waals surface area contributed by atoms with Crippen LogP contribution in [0.1, 0.15) is 117 Å². The van der Waals surface area contributed by atoms with Crippen molar-refractivity contribution in [2.75, 3.05) is 13.7 Å². The number of hydrogen-bond donors (Lipinski definition) is 0.